The third kappa shape index (κ3) is 3.23. The number of aliphatic hydroxyl groups excluding tert-OH is 1. The van der Waals surface area contributed by atoms with Crippen molar-refractivity contribution in [2.24, 2.45) is 0 Å². The molecule has 2 heterocycles. The first-order valence-electron chi connectivity index (χ1n) is 7.17. The summed E-state index contributed by atoms with van der Waals surface area (Å²) in [5.41, 5.74) is -0.550. The molecule has 0 aromatic rings. The van der Waals surface area contributed by atoms with Gasteiger partial charge in [-0.05, 0) is 27.7 Å². The summed E-state index contributed by atoms with van der Waals surface area (Å²) in [5.74, 6) is -0.617. The van der Waals surface area contributed by atoms with E-state index in [0.717, 1.165) is 0 Å². The molecule has 1 unspecified atom stereocenters. The summed E-state index contributed by atoms with van der Waals surface area (Å²) in [6.07, 6.45) is 1.05. The maximum Gasteiger partial charge on any atom is 0.163 e. The molecule has 2 aliphatic rings. The Kier molecular flexibility index (Phi) is 4.56. The Bertz CT molecular complexity index is 354. The number of hydrogen-bond donors (Lipinski definition) is 1. The van der Waals surface area contributed by atoms with Gasteiger partial charge in [-0.2, -0.15) is 0 Å². The van der Waals surface area contributed by atoms with Gasteiger partial charge in [0.1, 0.15) is 11.7 Å². The molecular weight excluding hydrogens is 260 g/mol. The molecule has 0 aromatic heterocycles. The predicted molar refractivity (Wildman–Crippen MR) is 74.4 cm³/mol. The average Bonchev–Trinajstić information content (AvgIpc) is 2.36. The van der Waals surface area contributed by atoms with Crippen molar-refractivity contribution < 1.29 is 24.1 Å². The van der Waals surface area contributed by atoms with Crippen molar-refractivity contribution in [3.8, 4) is 0 Å². The molecule has 116 valence electrons. The van der Waals surface area contributed by atoms with Crippen LogP contribution in [0.5, 0.6) is 0 Å². The fourth-order valence-corrected chi connectivity index (χ4v) is 2.81. The first kappa shape index (κ1) is 15.9. The van der Waals surface area contributed by atoms with Crippen LogP contribution in [0.15, 0.2) is 12.7 Å². The molecule has 0 aromatic carbocycles. The van der Waals surface area contributed by atoms with E-state index < -0.39 is 17.5 Å². The second kappa shape index (κ2) is 5.73. The topological polar surface area (TPSA) is 57.2 Å². The quantitative estimate of drug-likeness (QED) is 0.796. The summed E-state index contributed by atoms with van der Waals surface area (Å²) in [4.78, 5) is 0. The van der Waals surface area contributed by atoms with Crippen molar-refractivity contribution in [1.29, 1.82) is 0 Å². The van der Waals surface area contributed by atoms with Gasteiger partial charge in [0.2, 0.25) is 0 Å². The highest BCUT2D eigenvalue weighted by molar-refractivity contribution is 4.99. The highest BCUT2D eigenvalue weighted by Crippen LogP contribution is 2.40. The Morgan fingerprint density at radius 2 is 2.10 bits per heavy atom. The third-order valence-electron chi connectivity index (χ3n) is 3.94. The highest BCUT2D eigenvalue weighted by atomic mass is 16.7. The second-order valence-corrected chi connectivity index (χ2v) is 6.33. The Balaban J connectivity index is 2.14. The summed E-state index contributed by atoms with van der Waals surface area (Å²) in [6, 6.07) is 0. The number of hydrogen-bond acceptors (Lipinski definition) is 5. The van der Waals surface area contributed by atoms with Crippen LogP contribution in [0.4, 0.5) is 0 Å². The van der Waals surface area contributed by atoms with Gasteiger partial charge in [0.25, 0.3) is 0 Å². The van der Waals surface area contributed by atoms with Crippen molar-refractivity contribution in [2.45, 2.75) is 69.9 Å². The van der Waals surface area contributed by atoms with Crippen LogP contribution in [-0.2, 0) is 18.9 Å². The van der Waals surface area contributed by atoms with Crippen molar-refractivity contribution >= 4 is 0 Å². The molecule has 0 radical (unpaired) electrons. The van der Waals surface area contributed by atoms with Gasteiger partial charge in [-0.15, -0.1) is 6.58 Å². The highest BCUT2D eigenvalue weighted by Gasteiger charge is 2.53. The van der Waals surface area contributed by atoms with Crippen LogP contribution in [0.2, 0.25) is 0 Å². The standard InChI is InChI=1S/C15H26O5/c1-6-7-17-11-8-12-15(5,20-13(11)10(2)16)9-18-14(3,4)19-12/h6,10-13,16H,1,7-9H2,2-5H3/t10?,11-,12+,13+,15-/m0/s1. The molecule has 0 spiro atoms. The summed E-state index contributed by atoms with van der Waals surface area (Å²) >= 11 is 0. The Labute approximate surface area is 120 Å². The zero-order valence-corrected chi connectivity index (χ0v) is 12.8. The number of fused-ring (bicyclic) bond motifs is 1. The van der Waals surface area contributed by atoms with Crippen LogP contribution < -0.4 is 0 Å². The SMILES string of the molecule is C=CCO[C@H]1C[C@H]2OC(C)(C)OC[C@]2(C)O[C@@H]1C(C)O. The molecule has 0 aliphatic carbocycles. The van der Waals surface area contributed by atoms with Crippen molar-refractivity contribution in [2.75, 3.05) is 13.2 Å². The lowest BCUT2D eigenvalue weighted by Gasteiger charge is -2.53. The van der Waals surface area contributed by atoms with E-state index in [4.69, 9.17) is 18.9 Å². The molecule has 5 atom stereocenters. The van der Waals surface area contributed by atoms with E-state index in [1.807, 2.05) is 20.8 Å². The molecule has 1 N–H and O–H groups in total. The summed E-state index contributed by atoms with van der Waals surface area (Å²) < 4.78 is 23.5. The lowest BCUT2D eigenvalue weighted by molar-refractivity contribution is -0.373. The van der Waals surface area contributed by atoms with Gasteiger partial charge in [-0.1, -0.05) is 6.08 Å². The summed E-state index contributed by atoms with van der Waals surface area (Å²) in [5, 5.41) is 9.94. The molecule has 2 aliphatic heterocycles. The van der Waals surface area contributed by atoms with Crippen molar-refractivity contribution in [3.63, 3.8) is 0 Å². The minimum absolute atomic E-state index is 0.115. The molecule has 5 nitrogen and oxygen atoms in total. The normalized spacial score (nSPS) is 41.8. The molecule has 5 heteroatoms. The fraction of sp³-hybridized carbons (Fsp3) is 0.867. The first-order chi connectivity index (χ1) is 9.27. The Morgan fingerprint density at radius 3 is 2.70 bits per heavy atom. The van der Waals surface area contributed by atoms with Crippen LogP contribution >= 0.6 is 0 Å². The Hall–Kier alpha value is -0.460. The van der Waals surface area contributed by atoms with E-state index in [9.17, 15) is 5.11 Å². The van der Waals surface area contributed by atoms with Crippen LogP contribution in [0.3, 0.4) is 0 Å². The monoisotopic (exact) mass is 286 g/mol. The van der Waals surface area contributed by atoms with Gasteiger partial charge in [0, 0.05) is 6.42 Å². The second-order valence-electron chi connectivity index (χ2n) is 6.33. The molecular formula is C15H26O5. The molecule has 2 rings (SSSR count). The number of rotatable bonds is 4. The van der Waals surface area contributed by atoms with Crippen LogP contribution in [0.1, 0.15) is 34.1 Å². The average molecular weight is 286 g/mol. The lowest BCUT2D eigenvalue weighted by atomic mass is 9.86. The van der Waals surface area contributed by atoms with Gasteiger partial charge in [0.15, 0.2) is 5.79 Å². The van der Waals surface area contributed by atoms with E-state index in [1.165, 1.54) is 0 Å². The molecule has 0 amide bonds. The summed E-state index contributed by atoms with van der Waals surface area (Å²) in [7, 11) is 0. The molecule has 2 saturated heterocycles. The first-order valence-corrected chi connectivity index (χ1v) is 7.17. The maximum atomic E-state index is 9.94. The van der Waals surface area contributed by atoms with E-state index in [2.05, 4.69) is 6.58 Å². The lowest BCUT2D eigenvalue weighted by Crippen LogP contribution is -2.65. The minimum Gasteiger partial charge on any atom is -0.391 e. The van der Waals surface area contributed by atoms with Gasteiger partial charge >= 0.3 is 0 Å². The van der Waals surface area contributed by atoms with Gasteiger partial charge in [-0.3, -0.25) is 0 Å². The molecule has 2 fully saturated rings. The minimum atomic E-state index is -0.617. The third-order valence-corrected chi connectivity index (χ3v) is 3.94. The zero-order valence-electron chi connectivity index (χ0n) is 12.8. The van der Waals surface area contributed by atoms with Gasteiger partial charge in [0.05, 0.1) is 31.5 Å². The van der Waals surface area contributed by atoms with E-state index in [-0.39, 0.29) is 18.3 Å². The van der Waals surface area contributed by atoms with E-state index >= 15 is 0 Å². The Morgan fingerprint density at radius 1 is 1.40 bits per heavy atom. The molecule has 0 saturated carbocycles. The largest absolute Gasteiger partial charge is 0.391 e. The molecule has 0 bridgehead atoms. The van der Waals surface area contributed by atoms with Gasteiger partial charge < -0.3 is 24.1 Å². The van der Waals surface area contributed by atoms with Gasteiger partial charge in [-0.25, -0.2) is 0 Å². The van der Waals surface area contributed by atoms with Crippen molar-refractivity contribution in [3.05, 3.63) is 12.7 Å². The number of ether oxygens (including phenoxy) is 4. The number of aliphatic hydroxyl groups is 1. The summed E-state index contributed by atoms with van der Waals surface area (Å²) in [6.45, 7) is 12.0. The smallest absolute Gasteiger partial charge is 0.163 e. The van der Waals surface area contributed by atoms with Crippen molar-refractivity contribution in [1.82, 2.24) is 0 Å². The zero-order chi connectivity index (χ0) is 15.0. The van der Waals surface area contributed by atoms with Crippen LogP contribution in [0.25, 0.3) is 0 Å². The van der Waals surface area contributed by atoms with Crippen LogP contribution in [-0.4, -0.2) is 54.1 Å². The fourth-order valence-electron chi connectivity index (χ4n) is 2.81. The van der Waals surface area contributed by atoms with E-state index in [0.29, 0.717) is 19.6 Å². The van der Waals surface area contributed by atoms with E-state index in [1.54, 1.807) is 13.0 Å². The van der Waals surface area contributed by atoms with Crippen LogP contribution in [0, 0.1) is 0 Å². The molecule has 20 heavy (non-hydrogen) atoms. The maximum absolute atomic E-state index is 9.94. The predicted octanol–water partition coefficient (Wildman–Crippen LogP) is 1.64.